The first-order chi connectivity index (χ1) is 7.95. The van der Waals surface area contributed by atoms with E-state index in [0.717, 1.165) is 11.1 Å². The van der Waals surface area contributed by atoms with Crippen LogP contribution in [0.2, 0.25) is 0 Å². The molecule has 0 bridgehead atoms. The number of carbonyl (C=O) groups is 2. The number of rotatable bonds is 4. The molecule has 2 N–H and O–H groups in total. The van der Waals surface area contributed by atoms with Gasteiger partial charge in [0, 0.05) is 11.3 Å². The van der Waals surface area contributed by atoms with E-state index in [1.165, 1.54) is 0 Å². The third-order valence-corrected chi connectivity index (χ3v) is 2.39. The number of carboxylic acids is 1. The van der Waals surface area contributed by atoms with E-state index >= 15 is 0 Å². The summed E-state index contributed by atoms with van der Waals surface area (Å²) in [5.41, 5.74) is 2.31. The Balaban J connectivity index is 2.92. The van der Waals surface area contributed by atoms with Crippen molar-refractivity contribution < 1.29 is 19.4 Å². The third kappa shape index (κ3) is 3.21. The zero-order chi connectivity index (χ0) is 13.0. The van der Waals surface area contributed by atoms with Crippen molar-refractivity contribution in [2.75, 3.05) is 12.4 Å². The van der Waals surface area contributed by atoms with Crippen molar-refractivity contribution in [3.63, 3.8) is 0 Å². The minimum atomic E-state index is -1.15. The minimum Gasteiger partial charge on any atom is -0.496 e. The molecule has 0 saturated carbocycles. The molecule has 0 spiro atoms. The molecule has 0 radical (unpaired) electrons. The van der Waals surface area contributed by atoms with Gasteiger partial charge in [-0.15, -0.1) is 0 Å². The molecule has 1 amide bonds. The van der Waals surface area contributed by atoms with Crippen LogP contribution in [-0.4, -0.2) is 24.1 Å². The highest BCUT2D eigenvalue weighted by Crippen LogP contribution is 2.29. The Morgan fingerprint density at radius 2 is 2.00 bits per heavy atom. The quantitative estimate of drug-likeness (QED) is 0.782. The Labute approximate surface area is 99.4 Å². The molecule has 0 aliphatic rings. The fraction of sp³-hybridized carbons (Fsp3) is 0.333. The summed E-state index contributed by atoms with van der Waals surface area (Å²) in [7, 11) is 1.55. The molecule has 0 saturated heterocycles. The summed E-state index contributed by atoms with van der Waals surface area (Å²) in [6.45, 7) is 3.71. The van der Waals surface area contributed by atoms with E-state index < -0.39 is 18.3 Å². The van der Waals surface area contributed by atoms with Gasteiger partial charge >= 0.3 is 5.97 Å². The molecule has 1 aromatic rings. The van der Waals surface area contributed by atoms with E-state index in [-0.39, 0.29) is 0 Å². The van der Waals surface area contributed by atoms with Gasteiger partial charge in [-0.3, -0.25) is 9.59 Å². The van der Waals surface area contributed by atoms with Gasteiger partial charge in [0.05, 0.1) is 7.11 Å². The summed E-state index contributed by atoms with van der Waals surface area (Å²) >= 11 is 0. The van der Waals surface area contributed by atoms with Gasteiger partial charge in [0.2, 0.25) is 5.91 Å². The highest BCUT2D eigenvalue weighted by atomic mass is 16.5. The van der Waals surface area contributed by atoms with E-state index in [0.29, 0.717) is 11.4 Å². The molecule has 1 rings (SSSR count). The molecule has 17 heavy (non-hydrogen) atoms. The first-order valence-electron chi connectivity index (χ1n) is 5.11. The molecular weight excluding hydrogens is 222 g/mol. The van der Waals surface area contributed by atoms with Gasteiger partial charge < -0.3 is 15.2 Å². The molecule has 1 aromatic carbocycles. The Bertz CT molecular complexity index is 454. The van der Waals surface area contributed by atoms with E-state index in [1.807, 2.05) is 19.9 Å². The zero-order valence-electron chi connectivity index (χ0n) is 10.0. The second-order valence-corrected chi connectivity index (χ2v) is 3.71. The number of amides is 1. The smallest absolute Gasteiger partial charge is 0.312 e. The lowest BCUT2D eigenvalue weighted by atomic mass is 10.1. The number of carboxylic acid groups (broad SMARTS) is 1. The standard InChI is InChI=1S/C12H15NO4/c1-7-4-5-9(8(2)12(7)17-3)13-10(14)6-11(15)16/h4-5H,6H2,1-3H3,(H,13,14)(H,15,16). The molecule has 0 aromatic heterocycles. The van der Waals surface area contributed by atoms with Gasteiger partial charge in [-0.25, -0.2) is 0 Å². The number of carbonyl (C=O) groups excluding carboxylic acids is 1. The highest BCUT2D eigenvalue weighted by molar-refractivity contribution is 6.01. The van der Waals surface area contributed by atoms with E-state index in [9.17, 15) is 9.59 Å². The summed E-state index contributed by atoms with van der Waals surface area (Å²) in [5, 5.41) is 11.0. The second kappa shape index (κ2) is 5.34. The van der Waals surface area contributed by atoms with Gasteiger partial charge in [-0.2, -0.15) is 0 Å². The van der Waals surface area contributed by atoms with Crippen molar-refractivity contribution in [2.45, 2.75) is 20.3 Å². The lowest BCUT2D eigenvalue weighted by Crippen LogP contribution is -2.16. The summed E-state index contributed by atoms with van der Waals surface area (Å²) in [5.74, 6) is -1.01. The number of hydrogen-bond acceptors (Lipinski definition) is 3. The predicted octanol–water partition coefficient (Wildman–Crippen LogP) is 1.73. The summed E-state index contributed by atoms with van der Waals surface area (Å²) in [4.78, 5) is 21.7. The van der Waals surface area contributed by atoms with Crippen molar-refractivity contribution >= 4 is 17.6 Å². The maximum atomic E-state index is 11.3. The number of benzene rings is 1. The first-order valence-corrected chi connectivity index (χ1v) is 5.11. The van der Waals surface area contributed by atoms with Crippen LogP contribution in [-0.2, 0) is 9.59 Å². The number of aryl methyl sites for hydroxylation is 1. The van der Waals surface area contributed by atoms with Gasteiger partial charge in [-0.05, 0) is 25.5 Å². The van der Waals surface area contributed by atoms with E-state index in [1.54, 1.807) is 13.2 Å². The van der Waals surface area contributed by atoms with Crippen LogP contribution in [0.1, 0.15) is 17.5 Å². The van der Waals surface area contributed by atoms with Crippen LogP contribution in [0.15, 0.2) is 12.1 Å². The molecule has 0 fully saturated rings. The molecule has 0 unspecified atom stereocenters. The van der Waals surface area contributed by atoms with Crippen LogP contribution < -0.4 is 10.1 Å². The molecule has 92 valence electrons. The summed E-state index contributed by atoms with van der Waals surface area (Å²) in [6, 6.07) is 3.54. The van der Waals surface area contributed by atoms with Crippen molar-refractivity contribution in [1.82, 2.24) is 0 Å². The number of hydrogen-bond donors (Lipinski definition) is 2. The monoisotopic (exact) mass is 237 g/mol. The third-order valence-electron chi connectivity index (χ3n) is 2.39. The van der Waals surface area contributed by atoms with Crippen LogP contribution in [0.4, 0.5) is 5.69 Å². The van der Waals surface area contributed by atoms with Gasteiger partial charge in [0.15, 0.2) is 0 Å². The van der Waals surface area contributed by atoms with Crippen LogP contribution in [0.25, 0.3) is 0 Å². The maximum absolute atomic E-state index is 11.3. The Hall–Kier alpha value is -2.04. The van der Waals surface area contributed by atoms with Gasteiger partial charge in [0.25, 0.3) is 0 Å². The fourth-order valence-corrected chi connectivity index (χ4v) is 1.61. The molecule has 0 heterocycles. The molecule has 0 aliphatic carbocycles. The average molecular weight is 237 g/mol. The summed E-state index contributed by atoms with van der Waals surface area (Å²) in [6.07, 6.45) is -0.546. The highest BCUT2D eigenvalue weighted by Gasteiger charge is 2.12. The van der Waals surface area contributed by atoms with Crippen molar-refractivity contribution in [1.29, 1.82) is 0 Å². The summed E-state index contributed by atoms with van der Waals surface area (Å²) < 4.78 is 5.21. The number of aliphatic carboxylic acids is 1. The molecule has 5 nitrogen and oxygen atoms in total. The topological polar surface area (TPSA) is 75.6 Å². The average Bonchev–Trinajstić information content (AvgIpc) is 2.22. The lowest BCUT2D eigenvalue weighted by Gasteiger charge is -2.13. The lowest BCUT2D eigenvalue weighted by molar-refractivity contribution is -0.139. The minimum absolute atomic E-state index is 0.546. The molecule has 5 heteroatoms. The van der Waals surface area contributed by atoms with E-state index in [2.05, 4.69) is 5.32 Å². The van der Waals surface area contributed by atoms with Crippen LogP contribution >= 0.6 is 0 Å². The second-order valence-electron chi connectivity index (χ2n) is 3.71. The van der Waals surface area contributed by atoms with Crippen molar-refractivity contribution in [3.05, 3.63) is 23.3 Å². The van der Waals surface area contributed by atoms with Gasteiger partial charge in [-0.1, -0.05) is 6.07 Å². The molecular formula is C12H15NO4. The zero-order valence-corrected chi connectivity index (χ0v) is 10.0. The van der Waals surface area contributed by atoms with Crippen LogP contribution in [0.3, 0.4) is 0 Å². The molecule has 0 aliphatic heterocycles. The Morgan fingerprint density at radius 1 is 1.35 bits per heavy atom. The van der Waals surface area contributed by atoms with Crippen LogP contribution in [0, 0.1) is 13.8 Å². The Morgan fingerprint density at radius 3 is 2.53 bits per heavy atom. The van der Waals surface area contributed by atoms with E-state index in [4.69, 9.17) is 9.84 Å². The van der Waals surface area contributed by atoms with Crippen molar-refractivity contribution in [3.8, 4) is 5.75 Å². The predicted molar refractivity (Wildman–Crippen MR) is 63.4 cm³/mol. The largest absolute Gasteiger partial charge is 0.496 e. The molecule has 0 atom stereocenters. The number of methoxy groups -OCH3 is 1. The van der Waals surface area contributed by atoms with Crippen molar-refractivity contribution in [2.24, 2.45) is 0 Å². The number of ether oxygens (including phenoxy) is 1. The SMILES string of the molecule is COc1c(C)ccc(NC(=O)CC(=O)O)c1C. The first kappa shape index (κ1) is 13.0. The number of anilines is 1. The number of nitrogens with one attached hydrogen (secondary N) is 1. The van der Waals surface area contributed by atoms with Crippen LogP contribution in [0.5, 0.6) is 5.75 Å². The van der Waals surface area contributed by atoms with Gasteiger partial charge in [0.1, 0.15) is 12.2 Å². The maximum Gasteiger partial charge on any atom is 0.312 e. The Kier molecular flexibility index (Phi) is 4.09. The fourth-order valence-electron chi connectivity index (χ4n) is 1.61. The normalized spacial score (nSPS) is 9.82.